The van der Waals surface area contributed by atoms with E-state index in [4.69, 9.17) is 9.47 Å². The van der Waals surface area contributed by atoms with Crippen LogP contribution in [0.25, 0.3) is 0 Å². The van der Waals surface area contributed by atoms with Crippen molar-refractivity contribution in [1.82, 2.24) is 5.32 Å². The van der Waals surface area contributed by atoms with E-state index in [0.29, 0.717) is 17.9 Å². The van der Waals surface area contributed by atoms with E-state index in [1.807, 2.05) is 6.08 Å². The minimum atomic E-state index is -0.356. The Morgan fingerprint density at radius 1 is 1.32 bits per heavy atom. The van der Waals surface area contributed by atoms with Gasteiger partial charge in [-0.2, -0.15) is 0 Å². The second-order valence-electron chi connectivity index (χ2n) is 8.13. The summed E-state index contributed by atoms with van der Waals surface area (Å²) in [6, 6.07) is 0. The third-order valence-electron chi connectivity index (χ3n) is 5.83. The van der Waals surface area contributed by atoms with Gasteiger partial charge in [-0.05, 0) is 56.8 Å². The number of allylic oxidation sites excluding steroid dienone is 1. The fourth-order valence-corrected chi connectivity index (χ4v) is 4.06. The summed E-state index contributed by atoms with van der Waals surface area (Å²) in [4.78, 5) is 11.0. The van der Waals surface area contributed by atoms with E-state index in [1.54, 1.807) is 6.92 Å². The molecule has 2 fully saturated rings. The van der Waals surface area contributed by atoms with Crippen LogP contribution in [-0.4, -0.2) is 30.4 Å². The molecule has 1 amide bonds. The minimum Gasteiger partial charge on any atom is -0.356 e. The van der Waals surface area contributed by atoms with E-state index in [0.717, 1.165) is 51.5 Å². The van der Waals surface area contributed by atoms with Crippen LogP contribution in [0.15, 0.2) is 12.7 Å². The lowest BCUT2D eigenvalue weighted by Gasteiger charge is -2.48. The zero-order valence-electron chi connectivity index (χ0n) is 16.4. The maximum atomic E-state index is 11.0. The van der Waals surface area contributed by atoms with Crippen molar-refractivity contribution in [3.8, 4) is 0 Å². The Hall–Kier alpha value is -0.870. The van der Waals surface area contributed by atoms with Crippen molar-refractivity contribution in [3.63, 3.8) is 0 Å². The Balaban J connectivity index is 1.84. The second kappa shape index (κ2) is 9.72. The molecule has 2 rings (SSSR count). The average molecular weight is 352 g/mol. The first-order valence-electron chi connectivity index (χ1n) is 10.2. The number of hydrogen-bond acceptors (Lipinski definition) is 3. The van der Waals surface area contributed by atoms with Crippen LogP contribution in [0, 0.1) is 11.8 Å². The third kappa shape index (κ3) is 6.41. The molecule has 1 spiro atoms. The maximum Gasteiger partial charge on any atom is 0.216 e. The molecule has 4 heteroatoms. The molecule has 5 unspecified atom stereocenters. The Labute approximate surface area is 153 Å². The molecule has 144 valence electrons. The number of carbonyl (C=O) groups excluding carboxylic acids is 1. The highest BCUT2D eigenvalue weighted by molar-refractivity contribution is 5.72. The highest BCUT2D eigenvalue weighted by Crippen LogP contribution is 2.42. The molecule has 0 aromatic heterocycles. The second-order valence-corrected chi connectivity index (χ2v) is 8.13. The van der Waals surface area contributed by atoms with Crippen LogP contribution in [-0.2, 0) is 14.3 Å². The highest BCUT2D eigenvalue weighted by atomic mass is 16.7. The van der Waals surface area contributed by atoms with Crippen molar-refractivity contribution >= 4 is 5.91 Å². The summed E-state index contributed by atoms with van der Waals surface area (Å²) in [7, 11) is 0. The third-order valence-corrected chi connectivity index (χ3v) is 5.83. The lowest BCUT2D eigenvalue weighted by atomic mass is 9.85. The standard InChI is InChI=1S/C21H37NO3/c1-5-16(2)10-11-19-8-6-13-21(24-19)14-12-17(3)20(25-21)9-7-15-22-18(4)23/h5,16-17,19-20H,1,6-15H2,2-4H3,(H,22,23). The Bertz CT molecular complexity index is 439. The summed E-state index contributed by atoms with van der Waals surface area (Å²) in [6.07, 6.45) is 12.3. The van der Waals surface area contributed by atoms with Crippen molar-refractivity contribution in [1.29, 1.82) is 0 Å². The van der Waals surface area contributed by atoms with Gasteiger partial charge in [0.2, 0.25) is 5.91 Å². The molecule has 2 heterocycles. The number of rotatable bonds is 8. The first-order valence-corrected chi connectivity index (χ1v) is 10.2. The first-order chi connectivity index (χ1) is 11.9. The summed E-state index contributed by atoms with van der Waals surface area (Å²) in [5.41, 5.74) is 0. The van der Waals surface area contributed by atoms with Crippen molar-refractivity contribution in [3.05, 3.63) is 12.7 Å². The van der Waals surface area contributed by atoms with Gasteiger partial charge in [0.1, 0.15) is 0 Å². The van der Waals surface area contributed by atoms with Gasteiger partial charge in [0.05, 0.1) is 12.2 Å². The van der Waals surface area contributed by atoms with Gasteiger partial charge in [0.15, 0.2) is 5.79 Å². The smallest absolute Gasteiger partial charge is 0.216 e. The molecule has 25 heavy (non-hydrogen) atoms. The largest absolute Gasteiger partial charge is 0.356 e. The number of carbonyl (C=O) groups is 1. The van der Waals surface area contributed by atoms with E-state index >= 15 is 0 Å². The molecule has 0 aliphatic carbocycles. The summed E-state index contributed by atoms with van der Waals surface area (Å²) < 4.78 is 13.0. The van der Waals surface area contributed by atoms with E-state index < -0.39 is 0 Å². The van der Waals surface area contributed by atoms with Gasteiger partial charge in [-0.25, -0.2) is 0 Å². The topological polar surface area (TPSA) is 47.6 Å². The van der Waals surface area contributed by atoms with Gasteiger partial charge in [-0.1, -0.05) is 19.9 Å². The zero-order valence-corrected chi connectivity index (χ0v) is 16.4. The van der Waals surface area contributed by atoms with E-state index in [1.165, 1.54) is 12.8 Å². The molecular formula is C21H37NO3. The maximum absolute atomic E-state index is 11.0. The lowest BCUT2D eigenvalue weighted by Crippen LogP contribution is -2.50. The molecule has 2 aliphatic heterocycles. The van der Waals surface area contributed by atoms with E-state index in [2.05, 4.69) is 25.7 Å². The summed E-state index contributed by atoms with van der Waals surface area (Å²) in [5.74, 6) is 0.801. The Kier molecular flexibility index (Phi) is 7.95. The lowest BCUT2D eigenvalue weighted by molar-refractivity contribution is -0.324. The molecule has 2 saturated heterocycles. The van der Waals surface area contributed by atoms with Gasteiger partial charge in [0.25, 0.3) is 0 Å². The molecule has 4 nitrogen and oxygen atoms in total. The first kappa shape index (κ1) is 20.4. The van der Waals surface area contributed by atoms with Gasteiger partial charge >= 0.3 is 0 Å². The molecule has 1 N–H and O–H groups in total. The van der Waals surface area contributed by atoms with Gasteiger partial charge in [-0.15, -0.1) is 6.58 Å². The Morgan fingerprint density at radius 3 is 2.84 bits per heavy atom. The summed E-state index contributed by atoms with van der Waals surface area (Å²) in [6.45, 7) is 10.7. The minimum absolute atomic E-state index is 0.0429. The normalized spacial score (nSPS) is 33.8. The van der Waals surface area contributed by atoms with Gasteiger partial charge in [-0.3, -0.25) is 4.79 Å². The fraction of sp³-hybridized carbons (Fsp3) is 0.857. The van der Waals surface area contributed by atoms with Crippen molar-refractivity contribution in [2.24, 2.45) is 11.8 Å². The van der Waals surface area contributed by atoms with Crippen LogP contribution in [0.5, 0.6) is 0 Å². The molecule has 0 saturated carbocycles. The quantitative estimate of drug-likeness (QED) is 0.514. The van der Waals surface area contributed by atoms with Crippen LogP contribution in [0.1, 0.15) is 78.6 Å². The Morgan fingerprint density at radius 2 is 2.12 bits per heavy atom. The van der Waals surface area contributed by atoms with E-state index in [-0.39, 0.29) is 17.8 Å². The monoisotopic (exact) mass is 351 g/mol. The number of nitrogens with one attached hydrogen (secondary N) is 1. The zero-order chi connectivity index (χ0) is 18.3. The SMILES string of the molecule is C=CC(C)CCC1CCCC2(CCC(C)C(CCCNC(C)=O)O2)O1. The molecule has 5 atom stereocenters. The van der Waals surface area contributed by atoms with Crippen molar-refractivity contribution in [2.45, 2.75) is 96.6 Å². The van der Waals surface area contributed by atoms with Crippen LogP contribution in [0.4, 0.5) is 0 Å². The number of hydrogen-bond donors (Lipinski definition) is 1. The predicted molar refractivity (Wildman–Crippen MR) is 101 cm³/mol. The highest BCUT2D eigenvalue weighted by Gasteiger charge is 2.44. The molecule has 0 bridgehead atoms. The molecule has 0 radical (unpaired) electrons. The summed E-state index contributed by atoms with van der Waals surface area (Å²) in [5, 5.41) is 2.88. The molecule has 0 aromatic rings. The van der Waals surface area contributed by atoms with Crippen molar-refractivity contribution < 1.29 is 14.3 Å². The summed E-state index contributed by atoms with van der Waals surface area (Å²) >= 11 is 0. The predicted octanol–water partition coefficient (Wildman–Crippen LogP) is 4.59. The fourth-order valence-electron chi connectivity index (χ4n) is 4.06. The van der Waals surface area contributed by atoms with E-state index in [9.17, 15) is 4.79 Å². The van der Waals surface area contributed by atoms with Crippen LogP contribution < -0.4 is 5.32 Å². The molecule has 2 aliphatic rings. The van der Waals surface area contributed by atoms with Crippen LogP contribution >= 0.6 is 0 Å². The van der Waals surface area contributed by atoms with Crippen molar-refractivity contribution in [2.75, 3.05) is 6.54 Å². The molecular weight excluding hydrogens is 314 g/mol. The van der Waals surface area contributed by atoms with Gasteiger partial charge in [0, 0.05) is 26.3 Å². The van der Waals surface area contributed by atoms with Gasteiger partial charge < -0.3 is 14.8 Å². The number of amides is 1. The average Bonchev–Trinajstić information content (AvgIpc) is 2.59. The van der Waals surface area contributed by atoms with Crippen LogP contribution in [0.3, 0.4) is 0 Å². The molecule has 0 aromatic carbocycles. The van der Waals surface area contributed by atoms with Crippen LogP contribution in [0.2, 0.25) is 0 Å². The number of ether oxygens (including phenoxy) is 2.